The van der Waals surface area contributed by atoms with Crippen molar-refractivity contribution in [3.63, 3.8) is 0 Å². The molecule has 2 aromatic carbocycles. The number of carbonyl (C=O) groups excluding carboxylic acids is 2. The van der Waals surface area contributed by atoms with Gasteiger partial charge in [-0.2, -0.15) is 0 Å². The van der Waals surface area contributed by atoms with Gasteiger partial charge in [-0.05, 0) is 30.5 Å². The first-order chi connectivity index (χ1) is 12.6. The van der Waals surface area contributed by atoms with Crippen LogP contribution in [0.3, 0.4) is 0 Å². The minimum Gasteiger partial charge on any atom is -0.385 e. The average molecular weight is 352 g/mol. The molecule has 26 heavy (non-hydrogen) atoms. The first-order valence-corrected chi connectivity index (χ1v) is 8.84. The molecule has 0 aliphatic carbocycles. The summed E-state index contributed by atoms with van der Waals surface area (Å²) in [5.41, 5.74) is 3.53. The van der Waals surface area contributed by atoms with Gasteiger partial charge in [0.25, 0.3) is 5.91 Å². The zero-order valence-electron chi connectivity index (χ0n) is 15.2. The lowest BCUT2D eigenvalue weighted by Gasteiger charge is -2.25. The molecule has 2 amide bonds. The summed E-state index contributed by atoms with van der Waals surface area (Å²) >= 11 is 0. The van der Waals surface area contributed by atoms with Crippen LogP contribution in [0.5, 0.6) is 0 Å². The maximum absolute atomic E-state index is 12.9. The molecular weight excluding hydrogens is 328 g/mol. The van der Waals surface area contributed by atoms with Gasteiger partial charge in [-0.3, -0.25) is 9.59 Å². The Labute approximate surface area is 154 Å². The van der Waals surface area contributed by atoms with Crippen LogP contribution in [-0.4, -0.2) is 37.0 Å². The summed E-state index contributed by atoms with van der Waals surface area (Å²) in [4.78, 5) is 27.4. The Morgan fingerprint density at radius 3 is 2.77 bits per heavy atom. The zero-order chi connectivity index (χ0) is 18.5. The molecule has 0 radical (unpaired) electrons. The molecule has 0 unspecified atom stereocenters. The molecule has 2 aromatic rings. The van der Waals surface area contributed by atoms with E-state index in [9.17, 15) is 9.59 Å². The van der Waals surface area contributed by atoms with Crippen molar-refractivity contribution in [3.8, 4) is 0 Å². The van der Waals surface area contributed by atoms with E-state index in [4.69, 9.17) is 4.74 Å². The quantitative estimate of drug-likeness (QED) is 0.780. The van der Waals surface area contributed by atoms with Gasteiger partial charge in [0.15, 0.2) is 0 Å². The lowest BCUT2D eigenvalue weighted by Crippen LogP contribution is -2.39. The van der Waals surface area contributed by atoms with Crippen LogP contribution in [0.2, 0.25) is 0 Å². The second-order valence-corrected chi connectivity index (χ2v) is 6.55. The van der Waals surface area contributed by atoms with Crippen molar-refractivity contribution in [1.29, 1.82) is 0 Å². The molecule has 1 N–H and O–H groups in total. The molecule has 0 aromatic heterocycles. The molecule has 3 rings (SSSR count). The van der Waals surface area contributed by atoms with E-state index in [1.54, 1.807) is 18.1 Å². The minimum absolute atomic E-state index is 0.0980. The van der Waals surface area contributed by atoms with Crippen LogP contribution >= 0.6 is 0 Å². The number of rotatable bonds is 7. The van der Waals surface area contributed by atoms with Crippen molar-refractivity contribution in [3.05, 3.63) is 70.8 Å². The van der Waals surface area contributed by atoms with Gasteiger partial charge >= 0.3 is 0 Å². The van der Waals surface area contributed by atoms with Crippen molar-refractivity contribution in [2.45, 2.75) is 25.9 Å². The SMILES string of the molecule is COCCCNC(=O)[C@@H]1c2ccccc2C(=O)N1Cc1cccc(C)c1. The fourth-order valence-electron chi connectivity index (χ4n) is 3.35. The van der Waals surface area contributed by atoms with E-state index in [1.807, 2.05) is 49.4 Å². The number of nitrogens with zero attached hydrogens (tertiary/aromatic N) is 1. The molecular formula is C21H24N2O3. The third kappa shape index (κ3) is 3.78. The standard InChI is InChI=1S/C21H24N2O3/c1-15-7-5-8-16(13-15)14-23-19(20(24)22-11-6-12-26-2)17-9-3-4-10-18(17)21(23)25/h3-5,7-10,13,19H,6,11-12,14H2,1-2H3,(H,22,24)/t19-/m0/s1. The van der Waals surface area contributed by atoms with E-state index in [0.29, 0.717) is 25.3 Å². The van der Waals surface area contributed by atoms with Crippen LogP contribution in [0, 0.1) is 6.92 Å². The Morgan fingerprint density at radius 1 is 1.19 bits per heavy atom. The fraction of sp³-hybridized carbons (Fsp3) is 0.333. The maximum atomic E-state index is 12.9. The number of amides is 2. The number of carbonyl (C=O) groups is 2. The van der Waals surface area contributed by atoms with Crippen molar-refractivity contribution in [1.82, 2.24) is 10.2 Å². The highest BCUT2D eigenvalue weighted by molar-refractivity contribution is 6.04. The number of nitrogens with one attached hydrogen (secondary N) is 1. The lowest BCUT2D eigenvalue weighted by molar-refractivity contribution is -0.125. The molecule has 0 spiro atoms. The largest absolute Gasteiger partial charge is 0.385 e. The number of ether oxygens (including phenoxy) is 1. The molecule has 0 fully saturated rings. The van der Waals surface area contributed by atoms with Gasteiger partial charge in [0, 0.05) is 32.4 Å². The summed E-state index contributed by atoms with van der Waals surface area (Å²) in [7, 11) is 1.64. The predicted molar refractivity (Wildman–Crippen MR) is 99.7 cm³/mol. The molecule has 1 aliphatic rings. The lowest BCUT2D eigenvalue weighted by atomic mass is 10.0. The minimum atomic E-state index is -0.596. The van der Waals surface area contributed by atoms with Gasteiger partial charge in [-0.15, -0.1) is 0 Å². The Morgan fingerprint density at radius 2 is 2.00 bits per heavy atom. The van der Waals surface area contributed by atoms with E-state index in [1.165, 1.54) is 0 Å². The predicted octanol–water partition coefficient (Wildman–Crippen LogP) is 2.84. The highest BCUT2D eigenvalue weighted by Gasteiger charge is 2.40. The van der Waals surface area contributed by atoms with E-state index < -0.39 is 6.04 Å². The summed E-state index contributed by atoms with van der Waals surface area (Å²) in [5.74, 6) is -0.244. The molecule has 1 atom stereocenters. The second-order valence-electron chi connectivity index (χ2n) is 6.55. The molecule has 136 valence electrons. The third-order valence-corrected chi connectivity index (χ3v) is 4.57. The Hall–Kier alpha value is -2.66. The van der Waals surface area contributed by atoms with Gasteiger partial charge in [-0.25, -0.2) is 0 Å². The van der Waals surface area contributed by atoms with Crippen molar-refractivity contribution in [2.24, 2.45) is 0 Å². The highest BCUT2D eigenvalue weighted by atomic mass is 16.5. The first kappa shape index (κ1) is 18.1. The molecule has 1 aliphatic heterocycles. The summed E-state index contributed by atoms with van der Waals surface area (Å²) in [6, 6.07) is 14.8. The summed E-state index contributed by atoms with van der Waals surface area (Å²) in [5, 5.41) is 2.94. The Balaban J connectivity index is 1.84. The molecule has 0 saturated carbocycles. The first-order valence-electron chi connectivity index (χ1n) is 8.84. The van der Waals surface area contributed by atoms with Crippen molar-refractivity contribution >= 4 is 11.8 Å². The van der Waals surface area contributed by atoms with Gasteiger partial charge in [-0.1, -0.05) is 48.0 Å². The van der Waals surface area contributed by atoms with Crippen LogP contribution in [0.1, 0.15) is 39.5 Å². The number of fused-ring (bicyclic) bond motifs is 1. The Kier molecular flexibility index (Phi) is 5.68. The number of aryl methyl sites for hydroxylation is 1. The second kappa shape index (κ2) is 8.15. The number of benzene rings is 2. The van der Waals surface area contributed by atoms with Crippen LogP contribution < -0.4 is 5.32 Å². The summed E-state index contributed by atoms with van der Waals surface area (Å²) in [6.07, 6.45) is 0.739. The highest BCUT2D eigenvalue weighted by Crippen LogP contribution is 2.35. The molecule has 0 bridgehead atoms. The van der Waals surface area contributed by atoms with Crippen LogP contribution in [-0.2, 0) is 16.1 Å². The van der Waals surface area contributed by atoms with Gasteiger partial charge in [0.1, 0.15) is 6.04 Å². The monoisotopic (exact) mass is 352 g/mol. The van der Waals surface area contributed by atoms with Crippen molar-refractivity contribution < 1.29 is 14.3 Å². The smallest absolute Gasteiger partial charge is 0.255 e. The molecule has 5 nitrogen and oxygen atoms in total. The van der Waals surface area contributed by atoms with E-state index in [2.05, 4.69) is 5.32 Å². The third-order valence-electron chi connectivity index (χ3n) is 4.57. The normalized spacial score (nSPS) is 15.8. The van der Waals surface area contributed by atoms with Gasteiger partial charge < -0.3 is 15.0 Å². The van der Waals surface area contributed by atoms with Crippen LogP contribution in [0.15, 0.2) is 48.5 Å². The van der Waals surface area contributed by atoms with E-state index >= 15 is 0 Å². The zero-order valence-corrected chi connectivity index (χ0v) is 15.2. The maximum Gasteiger partial charge on any atom is 0.255 e. The average Bonchev–Trinajstić information content (AvgIpc) is 2.91. The summed E-state index contributed by atoms with van der Waals surface area (Å²) < 4.78 is 5.02. The van der Waals surface area contributed by atoms with Gasteiger partial charge in [0.05, 0.1) is 0 Å². The number of hydrogen-bond donors (Lipinski definition) is 1. The number of methoxy groups -OCH3 is 1. The fourth-order valence-corrected chi connectivity index (χ4v) is 3.35. The van der Waals surface area contributed by atoms with Crippen LogP contribution in [0.25, 0.3) is 0 Å². The van der Waals surface area contributed by atoms with E-state index in [0.717, 1.165) is 23.1 Å². The van der Waals surface area contributed by atoms with Crippen LogP contribution in [0.4, 0.5) is 0 Å². The summed E-state index contributed by atoms with van der Waals surface area (Å²) in [6.45, 7) is 3.54. The number of hydrogen-bond acceptors (Lipinski definition) is 3. The van der Waals surface area contributed by atoms with Gasteiger partial charge in [0.2, 0.25) is 5.91 Å². The topological polar surface area (TPSA) is 58.6 Å². The van der Waals surface area contributed by atoms with E-state index in [-0.39, 0.29) is 11.8 Å². The molecule has 5 heteroatoms. The Bertz CT molecular complexity index is 803. The van der Waals surface area contributed by atoms with Crippen molar-refractivity contribution in [2.75, 3.05) is 20.3 Å². The molecule has 1 heterocycles. The molecule has 0 saturated heterocycles.